The van der Waals surface area contributed by atoms with Gasteiger partial charge in [0.2, 0.25) is 5.91 Å². The summed E-state index contributed by atoms with van der Waals surface area (Å²) >= 11 is 7.58. The number of anilines is 1. The van der Waals surface area contributed by atoms with Gasteiger partial charge in [0, 0.05) is 17.9 Å². The van der Waals surface area contributed by atoms with E-state index < -0.39 is 23.7 Å². The van der Waals surface area contributed by atoms with Gasteiger partial charge in [0.15, 0.2) is 10.9 Å². The minimum atomic E-state index is -0.910. The van der Waals surface area contributed by atoms with Gasteiger partial charge in [0.1, 0.15) is 11.9 Å². The normalized spacial score (nSPS) is 11.6. The summed E-state index contributed by atoms with van der Waals surface area (Å²) in [6.45, 7) is 2.03. The summed E-state index contributed by atoms with van der Waals surface area (Å²) in [7, 11) is 0. The van der Waals surface area contributed by atoms with Crippen LogP contribution in [-0.2, 0) is 11.2 Å². The summed E-state index contributed by atoms with van der Waals surface area (Å²) in [6, 6.07) is 13.8. The lowest BCUT2D eigenvalue weighted by Crippen LogP contribution is -2.45. The maximum atomic E-state index is 13.2. The Balaban J connectivity index is 1.80. The van der Waals surface area contributed by atoms with Crippen molar-refractivity contribution in [2.75, 3.05) is 11.1 Å². The van der Waals surface area contributed by atoms with Gasteiger partial charge >= 0.3 is 0 Å². The zero-order valence-electron chi connectivity index (χ0n) is 17.3. The van der Waals surface area contributed by atoms with Gasteiger partial charge in [-0.15, -0.1) is 0 Å². The quantitative estimate of drug-likeness (QED) is 0.347. The molecule has 0 radical (unpaired) electrons. The van der Waals surface area contributed by atoms with Crippen LogP contribution in [0.25, 0.3) is 0 Å². The molecule has 6 nitrogen and oxygen atoms in total. The molecule has 0 aliphatic rings. The van der Waals surface area contributed by atoms with E-state index in [1.165, 1.54) is 42.2 Å². The Kier molecular flexibility index (Phi) is 8.58. The van der Waals surface area contributed by atoms with Gasteiger partial charge in [-0.25, -0.2) is 14.4 Å². The average molecular weight is 473 g/mol. The van der Waals surface area contributed by atoms with Gasteiger partial charge in [-0.05, 0) is 36.2 Å². The van der Waals surface area contributed by atoms with Crippen LogP contribution in [0.2, 0.25) is 5.02 Å². The summed E-state index contributed by atoms with van der Waals surface area (Å²) in [5.74, 6) is -0.628. The lowest BCUT2D eigenvalue weighted by Gasteiger charge is -2.19. The Morgan fingerprint density at radius 3 is 2.53 bits per heavy atom. The van der Waals surface area contributed by atoms with Gasteiger partial charge in [-0.2, -0.15) is 0 Å². The third-order valence-corrected chi connectivity index (χ3v) is 5.73. The smallest absolute Gasteiger partial charge is 0.272 e. The minimum absolute atomic E-state index is 0.00733. The molecule has 2 amide bonds. The van der Waals surface area contributed by atoms with E-state index in [1.54, 1.807) is 0 Å². The molecule has 0 saturated heterocycles. The second kappa shape index (κ2) is 11.6. The predicted molar refractivity (Wildman–Crippen MR) is 124 cm³/mol. The zero-order chi connectivity index (χ0) is 22.9. The highest BCUT2D eigenvalue weighted by Gasteiger charge is 2.24. The Bertz CT molecular complexity index is 1070. The number of hydrogen-bond acceptors (Lipinski definition) is 5. The number of benzene rings is 2. The Labute approximate surface area is 195 Å². The molecule has 166 valence electrons. The maximum Gasteiger partial charge on any atom is 0.272 e. The Morgan fingerprint density at radius 1 is 1.12 bits per heavy atom. The van der Waals surface area contributed by atoms with Crippen molar-refractivity contribution in [2.24, 2.45) is 0 Å². The van der Waals surface area contributed by atoms with E-state index in [-0.39, 0.29) is 17.1 Å². The van der Waals surface area contributed by atoms with Crippen molar-refractivity contribution >= 4 is 40.9 Å². The number of halogens is 2. The first-order valence-electron chi connectivity index (χ1n) is 10.0. The van der Waals surface area contributed by atoms with Crippen molar-refractivity contribution in [3.8, 4) is 0 Å². The Morgan fingerprint density at radius 2 is 1.84 bits per heavy atom. The standard InChI is InChI=1S/C23H22ClFN4O2S/c1-2-12-32-23-26-14-18(24)20(29-23)22(31)28-19(13-15-6-4-3-5-7-15)21(30)27-17-10-8-16(25)9-11-17/h3-11,14,19H,2,12-13H2,1H3,(H,27,30)(H,28,31)/t19-/m0/s1. The van der Waals surface area contributed by atoms with Gasteiger partial charge in [0.05, 0.1) is 11.2 Å². The number of amides is 2. The van der Waals surface area contributed by atoms with Crippen LogP contribution in [0.5, 0.6) is 0 Å². The fourth-order valence-corrected chi connectivity index (χ4v) is 3.67. The van der Waals surface area contributed by atoms with Crippen molar-refractivity contribution in [2.45, 2.75) is 31.0 Å². The second-order valence-electron chi connectivity index (χ2n) is 6.91. The Hall–Kier alpha value is -2.97. The third kappa shape index (κ3) is 6.77. The fraction of sp³-hybridized carbons (Fsp3) is 0.217. The van der Waals surface area contributed by atoms with E-state index in [0.717, 1.165) is 17.7 Å². The van der Waals surface area contributed by atoms with Crippen LogP contribution in [-0.4, -0.2) is 33.6 Å². The van der Waals surface area contributed by atoms with Crippen molar-refractivity contribution in [1.29, 1.82) is 0 Å². The molecule has 0 aliphatic carbocycles. The number of nitrogens with one attached hydrogen (secondary N) is 2. The first kappa shape index (κ1) is 23.7. The molecule has 3 aromatic rings. The average Bonchev–Trinajstić information content (AvgIpc) is 2.80. The number of aromatic nitrogens is 2. The highest BCUT2D eigenvalue weighted by Crippen LogP contribution is 2.19. The van der Waals surface area contributed by atoms with Crippen molar-refractivity contribution in [3.05, 3.63) is 82.9 Å². The van der Waals surface area contributed by atoms with Crippen LogP contribution in [0.3, 0.4) is 0 Å². The van der Waals surface area contributed by atoms with Crippen LogP contribution in [0.4, 0.5) is 10.1 Å². The van der Waals surface area contributed by atoms with E-state index in [4.69, 9.17) is 11.6 Å². The van der Waals surface area contributed by atoms with Crippen LogP contribution in [0.1, 0.15) is 29.4 Å². The molecule has 9 heteroatoms. The van der Waals surface area contributed by atoms with E-state index in [1.807, 2.05) is 37.3 Å². The zero-order valence-corrected chi connectivity index (χ0v) is 18.9. The summed E-state index contributed by atoms with van der Waals surface area (Å²) < 4.78 is 13.2. The SMILES string of the molecule is CCCSc1ncc(Cl)c(C(=O)N[C@@H](Cc2ccccc2)C(=O)Nc2ccc(F)cc2)n1. The largest absolute Gasteiger partial charge is 0.338 e. The molecule has 1 atom stereocenters. The molecule has 0 fully saturated rings. The first-order chi connectivity index (χ1) is 15.5. The molecule has 0 saturated carbocycles. The molecular formula is C23H22ClFN4O2S. The number of rotatable bonds is 9. The van der Waals surface area contributed by atoms with Crippen LogP contribution in [0.15, 0.2) is 66.0 Å². The van der Waals surface area contributed by atoms with Gasteiger partial charge in [-0.1, -0.05) is 60.6 Å². The number of carbonyl (C=O) groups is 2. The lowest BCUT2D eigenvalue weighted by atomic mass is 10.0. The van der Waals surface area contributed by atoms with E-state index in [0.29, 0.717) is 10.8 Å². The fourth-order valence-electron chi connectivity index (χ4n) is 2.82. The van der Waals surface area contributed by atoms with Crippen LogP contribution < -0.4 is 10.6 Å². The maximum absolute atomic E-state index is 13.2. The van der Waals surface area contributed by atoms with Crippen LogP contribution in [0, 0.1) is 5.82 Å². The molecule has 32 heavy (non-hydrogen) atoms. The number of nitrogens with zero attached hydrogens (tertiary/aromatic N) is 2. The molecule has 1 heterocycles. The third-order valence-electron chi connectivity index (χ3n) is 4.39. The number of carbonyl (C=O) groups excluding carboxylic acids is 2. The number of thioether (sulfide) groups is 1. The molecule has 0 spiro atoms. The summed E-state index contributed by atoms with van der Waals surface area (Å²) in [5.41, 5.74) is 1.29. The van der Waals surface area contributed by atoms with Crippen molar-refractivity contribution in [1.82, 2.24) is 15.3 Å². The van der Waals surface area contributed by atoms with Crippen LogP contribution >= 0.6 is 23.4 Å². The highest BCUT2D eigenvalue weighted by atomic mass is 35.5. The monoisotopic (exact) mass is 472 g/mol. The summed E-state index contributed by atoms with van der Waals surface area (Å²) in [6.07, 6.45) is 2.56. The molecule has 3 rings (SSSR count). The molecule has 0 unspecified atom stereocenters. The molecule has 2 aromatic carbocycles. The van der Waals surface area contributed by atoms with E-state index >= 15 is 0 Å². The summed E-state index contributed by atoms with van der Waals surface area (Å²) in [5, 5.41) is 5.98. The second-order valence-corrected chi connectivity index (χ2v) is 8.38. The van der Waals surface area contributed by atoms with Gasteiger partial charge in [0.25, 0.3) is 5.91 Å². The van der Waals surface area contributed by atoms with Crippen molar-refractivity contribution in [3.63, 3.8) is 0 Å². The molecule has 0 bridgehead atoms. The molecule has 0 aliphatic heterocycles. The van der Waals surface area contributed by atoms with Crippen molar-refractivity contribution < 1.29 is 14.0 Å². The minimum Gasteiger partial charge on any atom is -0.338 e. The highest BCUT2D eigenvalue weighted by molar-refractivity contribution is 7.99. The van der Waals surface area contributed by atoms with E-state index in [9.17, 15) is 14.0 Å². The molecule has 1 aromatic heterocycles. The topological polar surface area (TPSA) is 84.0 Å². The van der Waals surface area contributed by atoms with Gasteiger partial charge in [-0.3, -0.25) is 9.59 Å². The van der Waals surface area contributed by atoms with E-state index in [2.05, 4.69) is 20.6 Å². The summed E-state index contributed by atoms with van der Waals surface area (Å²) in [4.78, 5) is 34.3. The lowest BCUT2D eigenvalue weighted by molar-refractivity contribution is -0.118. The van der Waals surface area contributed by atoms with Gasteiger partial charge < -0.3 is 10.6 Å². The predicted octanol–water partition coefficient (Wildman–Crippen LogP) is 4.75. The molecular weight excluding hydrogens is 451 g/mol. The number of hydrogen-bond donors (Lipinski definition) is 2. The first-order valence-corrected chi connectivity index (χ1v) is 11.4. The molecule has 2 N–H and O–H groups in total.